The maximum Gasteiger partial charge on any atom is 0.220 e. The highest BCUT2D eigenvalue weighted by Crippen LogP contribution is 2.21. The van der Waals surface area contributed by atoms with Gasteiger partial charge in [-0.25, -0.2) is 12.7 Å². The number of sulfonamides is 1. The van der Waals surface area contributed by atoms with Crippen molar-refractivity contribution in [3.63, 3.8) is 0 Å². The topological polar surface area (TPSA) is 63.4 Å². The molecule has 1 heterocycles. The molecule has 6 heteroatoms. The first-order valence-electron chi connectivity index (χ1n) is 5.72. The second kappa shape index (κ2) is 5.93. The molecule has 4 nitrogen and oxygen atoms in total. The lowest BCUT2D eigenvalue weighted by Crippen LogP contribution is -2.37. The summed E-state index contributed by atoms with van der Waals surface area (Å²) >= 11 is 4.66. The molecule has 0 amide bonds. The standard InChI is InChI=1S/C10H20N2O2S2/c1-2-9-4-3-6-12(7-5-9)16(13,14)8-10(11)15/h9H,2-8H2,1H3,(H2,11,15). The Balaban J connectivity index is 2.63. The van der Waals surface area contributed by atoms with E-state index in [0.29, 0.717) is 19.0 Å². The van der Waals surface area contributed by atoms with Crippen LogP contribution in [0.5, 0.6) is 0 Å². The van der Waals surface area contributed by atoms with Crippen molar-refractivity contribution in [3.8, 4) is 0 Å². The van der Waals surface area contributed by atoms with Gasteiger partial charge in [-0.1, -0.05) is 25.6 Å². The van der Waals surface area contributed by atoms with Crippen molar-refractivity contribution in [2.75, 3.05) is 18.8 Å². The monoisotopic (exact) mass is 264 g/mol. The third-order valence-corrected chi connectivity index (χ3v) is 5.26. The van der Waals surface area contributed by atoms with Gasteiger partial charge in [-0.05, 0) is 25.2 Å². The fourth-order valence-electron chi connectivity index (χ4n) is 2.10. The summed E-state index contributed by atoms with van der Waals surface area (Å²) in [5.74, 6) is 0.462. The van der Waals surface area contributed by atoms with Crippen molar-refractivity contribution in [2.45, 2.75) is 32.6 Å². The van der Waals surface area contributed by atoms with Gasteiger partial charge in [0, 0.05) is 13.1 Å². The predicted octanol–water partition coefficient (Wildman–Crippen LogP) is 1.11. The summed E-state index contributed by atoms with van der Waals surface area (Å²) in [6.45, 7) is 3.38. The average molecular weight is 264 g/mol. The first-order valence-corrected chi connectivity index (χ1v) is 7.73. The minimum Gasteiger partial charge on any atom is -0.392 e. The van der Waals surface area contributed by atoms with Gasteiger partial charge in [0.1, 0.15) is 5.75 Å². The zero-order valence-electron chi connectivity index (χ0n) is 9.68. The highest BCUT2D eigenvalue weighted by molar-refractivity contribution is 7.92. The molecule has 0 aliphatic carbocycles. The van der Waals surface area contributed by atoms with Crippen molar-refractivity contribution >= 4 is 27.2 Å². The second-order valence-corrected chi connectivity index (χ2v) is 6.82. The fourth-order valence-corrected chi connectivity index (χ4v) is 3.88. The van der Waals surface area contributed by atoms with Gasteiger partial charge in [-0.3, -0.25) is 0 Å². The minimum absolute atomic E-state index is 0.0521. The van der Waals surface area contributed by atoms with Crippen LogP contribution in [0.3, 0.4) is 0 Å². The van der Waals surface area contributed by atoms with Crippen LogP contribution < -0.4 is 5.73 Å². The molecule has 0 bridgehead atoms. The second-order valence-electron chi connectivity index (χ2n) is 4.33. The fraction of sp³-hybridized carbons (Fsp3) is 0.900. The number of nitrogens with two attached hydrogens (primary N) is 1. The summed E-state index contributed by atoms with van der Waals surface area (Å²) in [5.41, 5.74) is 5.30. The van der Waals surface area contributed by atoms with Crippen LogP contribution >= 0.6 is 12.2 Å². The molecule has 1 rings (SSSR count). The first kappa shape index (κ1) is 13.9. The Kier molecular flexibility index (Phi) is 5.14. The van der Waals surface area contributed by atoms with Crippen LogP contribution in [0.15, 0.2) is 0 Å². The number of hydrogen-bond acceptors (Lipinski definition) is 3. The number of hydrogen-bond donors (Lipinski definition) is 1. The molecule has 1 atom stereocenters. The summed E-state index contributed by atoms with van der Waals surface area (Å²) in [4.78, 5) is 0.0521. The summed E-state index contributed by atoms with van der Waals surface area (Å²) < 4.78 is 25.3. The van der Waals surface area contributed by atoms with Crippen molar-refractivity contribution in [1.82, 2.24) is 4.31 Å². The van der Waals surface area contributed by atoms with Crippen LogP contribution in [0, 0.1) is 5.92 Å². The smallest absolute Gasteiger partial charge is 0.220 e. The molecule has 1 aliphatic heterocycles. The summed E-state index contributed by atoms with van der Waals surface area (Å²) in [6.07, 6.45) is 4.14. The van der Waals surface area contributed by atoms with E-state index in [9.17, 15) is 8.42 Å². The van der Waals surface area contributed by atoms with Gasteiger partial charge in [-0.15, -0.1) is 0 Å². The van der Waals surface area contributed by atoms with E-state index < -0.39 is 10.0 Å². The molecule has 0 radical (unpaired) electrons. The lowest BCUT2D eigenvalue weighted by Gasteiger charge is -2.19. The van der Waals surface area contributed by atoms with Crippen LogP contribution in [0.25, 0.3) is 0 Å². The zero-order chi connectivity index (χ0) is 12.2. The molecule has 0 aromatic heterocycles. The summed E-state index contributed by atoms with van der Waals surface area (Å²) in [7, 11) is -3.27. The van der Waals surface area contributed by atoms with E-state index >= 15 is 0 Å². The van der Waals surface area contributed by atoms with Gasteiger partial charge in [0.05, 0.1) is 4.99 Å². The Labute approximate surface area is 103 Å². The van der Waals surface area contributed by atoms with Gasteiger partial charge >= 0.3 is 0 Å². The zero-order valence-corrected chi connectivity index (χ0v) is 11.3. The third-order valence-electron chi connectivity index (χ3n) is 3.10. The first-order chi connectivity index (χ1) is 7.45. The van der Waals surface area contributed by atoms with Crippen LogP contribution in [0.2, 0.25) is 0 Å². The Bertz CT molecular complexity index is 341. The van der Waals surface area contributed by atoms with E-state index in [2.05, 4.69) is 19.1 Å². The van der Waals surface area contributed by atoms with Crippen LogP contribution in [0.4, 0.5) is 0 Å². The Morgan fingerprint density at radius 2 is 2.12 bits per heavy atom. The molecule has 1 saturated heterocycles. The highest BCUT2D eigenvalue weighted by Gasteiger charge is 2.25. The van der Waals surface area contributed by atoms with Crippen LogP contribution in [-0.4, -0.2) is 36.6 Å². The molecule has 1 aliphatic rings. The number of thiocarbonyl (C=S) groups is 1. The van der Waals surface area contributed by atoms with E-state index in [0.717, 1.165) is 25.7 Å². The summed E-state index contributed by atoms with van der Waals surface area (Å²) in [5, 5.41) is 0. The van der Waals surface area contributed by atoms with E-state index in [-0.39, 0.29) is 10.7 Å². The minimum atomic E-state index is -3.27. The van der Waals surface area contributed by atoms with Crippen LogP contribution in [0.1, 0.15) is 32.6 Å². The lowest BCUT2D eigenvalue weighted by molar-refractivity contribution is 0.409. The van der Waals surface area contributed by atoms with E-state index in [4.69, 9.17) is 5.73 Å². The van der Waals surface area contributed by atoms with Crippen molar-refractivity contribution in [2.24, 2.45) is 11.7 Å². The van der Waals surface area contributed by atoms with E-state index in [1.54, 1.807) is 4.31 Å². The van der Waals surface area contributed by atoms with Crippen molar-refractivity contribution < 1.29 is 8.42 Å². The SMILES string of the molecule is CCC1CCCN(S(=O)(=O)CC(N)=S)CC1. The summed E-state index contributed by atoms with van der Waals surface area (Å²) in [6, 6.07) is 0. The molecule has 1 fully saturated rings. The Morgan fingerprint density at radius 3 is 2.69 bits per heavy atom. The Hall–Kier alpha value is -0.200. The lowest BCUT2D eigenvalue weighted by atomic mass is 9.98. The number of rotatable bonds is 4. The largest absolute Gasteiger partial charge is 0.392 e. The molecule has 0 saturated carbocycles. The molecule has 0 aromatic carbocycles. The number of nitrogens with zero attached hydrogens (tertiary/aromatic N) is 1. The molecule has 94 valence electrons. The van der Waals surface area contributed by atoms with Gasteiger partial charge in [0.25, 0.3) is 0 Å². The van der Waals surface area contributed by atoms with Crippen molar-refractivity contribution in [3.05, 3.63) is 0 Å². The Morgan fingerprint density at radius 1 is 1.44 bits per heavy atom. The molecule has 0 aromatic rings. The predicted molar refractivity (Wildman–Crippen MR) is 69.8 cm³/mol. The van der Waals surface area contributed by atoms with Crippen LogP contribution in [-0.2, 0) is 10.0 Å². The maximum absolute atomic E-state index is 11.9. The molecule has 1 unspecified atom stereocenters. The van der Waals surface area contributed by atoms with E-state index in [1.165, 1.54) is 0 Å². The molecular formula is C10H20N2O2S2. The van der Waals surface area contributed by atoms with Gasteiger partial charge in [0.2, 0.25) is 10.0 Å². The quantitative estimate of drug-likeness (QED) is 0.773. The van der Waals surface area contributed by atoms with Gasteiger partial charge in [0.15, 0.2) is 0 Å². The van der Waals surface area contributed by atoms with E-state index in [1.807, 2.05) is 0 Å². The molecule has 0 spiro atoms. The third kappa shape index (κ3) is 3.99. The normalized spacial score (nSPS) is 23.9. The average Bonchev–Trinajstić information content (AvgIpc) is 2.40. The van der Waals surface area contributed by atoms with Crippen molar-refractivity contribution in [1.29, 1.82) is 0 Å². The molecule has 16 heavy (non-hydrogen) atoms. The molecule has 2 N–H and O–H groups in total. The van der Waals surface area contributed by atoms with Gasteiger partial charge in [-0.2, -0.15) is 0 Å². The van der Waals surface area contributed by atoms with Gasteiger partial charge < -0.3 is 5.73 Å². The molecular weight excluding hydrogens is 244 g/mol. The highest BCUT2D eigenvalue weighted by atomic mass is 32.2. The maximum atomic E-state index is 11.9.